The smallest absolute Gasteiger partial charge is 0.264 e. The van der Waals surface area contributed by atoms with E-state index in [1.165, 1.54) is 24.1 Å². The maximum absolute atomic E-state index is 13.6. The van der Waals surface area contributed by atoms with Crippen LogP contribution in [0.15, 0.2) is 71.6 Å². The number of likely N-dealkylation sites (N-methyl/N-ethyl adjacent to an activating group) is 1. The topological polar surface area (TPSA) is 85.4 Å². The summed E-state index contributed by atoms with van der Waals surface area (Å²) in [5, 5.41) is 0. The third-order valence-corrected chi connectivity index (χ3v) is 7.33. The van der Waals surface area contributed by atoms with Crippen molar-refractivity contribution in [3.8, 4) is 17.2 Å². The minimum Gasteiger partial charge on any atom is -0.497 e. The van der Waals surface area contributed by atoms with Crippen LogP contribution in [0.25, 0.3) is 0 Å². The van der Waals surface area contributed by atoms with Gasteiger partial charge in [-0.3, -0.25) is 9.10 Å². The van der Waals surface area contributed by atoms with Crippen molar-refractivity contribution in [3.05, 3.63) is 77.9 Å². The molecule has 3 aromatic carbocycles. The lowest BCUT2D eigenvalue weighted by Crippen LogP contribution is -2.41. The van der Waals surface area contributed by atoms with Crippen LogP contribution in [-0.4, -0.2) is 54.1 Å². The Bertz CT molecular complexity index is 1260. The summed E-state index contributed by atoms with van der Waals surface area (Å²) < 4.78 is 44.0. The van der Waals surface area contributed by atoms with Crippen LogP contribution in [0.1, 0.15) is 11.1 Å². The van der Waals surface area contributed by atoms with E-state index in [1.807, 2.05) is 25.1 Å². The number of hydrogen-bond acceptors (Lipinski definition) is 6. The van der Waals surface area contributed by atoms with E-state index in [2.05, 4.69) is 0 Å². The molecule has 8 nitrogen and oxygen atoms in total. The van der Waals surface area contributed by atoms with Crippen molar-refractivity contribution in [1.29, 1.82) is 0 Å². The predicted octanol–water partition coefficient (Wildman–Crippen LogP) is 3.87. The molecule has 0 saturated heterocycles. The summed E-state index contributed by atoms with van der Waals surface area (Å²) in [6, 6.07) is 18.5. The number of amides is 1. The van der Waals surface area contributed by atoms with Crippen LogP contribution < -0.4 is 18.5 Å². The number of carbonyl (C=O) groups is 1. The molecule has 0 aliphatic rings. The molecule has 0 saturated carbocycles. The number of ether oxygens (including phenoxy) is 3. The molecule has 0 atom stereocenters. The molecule has 0 aliphatic heterocycles. The first-order valence-corrected chi connectivity index (χ1v) is 12.3. The molecule has 0 spiro atoms. The second-order valence-corrected chi connectivity index (χ2v) is 9.82. The van der Waals surface area contributed by atoms with Gasteiger partial charge in [0, 0.05) is 13.6 Å². The van der Waals surface area contributed by atoms with Gasteiger partial charge in [-0.1, -0.05) is 23.8 Å². The van der Waals surface area contributed by atoms with E-state index in [0.717, 1.165) is 15.4 Å². The number of hydrogen-bond donors (Lipinski definition) is 0. The van der Waals surface area contributed by atoms with Crippen molar-refractivity contribution in [2.45, 2.75) is 18.4 Å². The predicted molar refractivity (Wildman–Crippen MR) is 135 cm³/mol. The van der Waals surface area contributed by atoms with Crippen molar-refractivity contribution < 1.29 is 27.4 Å². The van der Waals surface area contributed by atoms with Crippen LogP contribution in [0.3, 0.4) is 0 Å². The highest BCUT2D eigenvalue weighted by Crippen LogP contribution is 2.29. The SMILES string of the molecule is COc1ccc(S(=O)(=O)N(CC(=O)N(C)Cc2ccc(OC)c(OC)c2)c2ccc(C)cc2)cc1. The summed E-state index contributed by atoms with van der Waals surface area (Å²) in [6.45, 7) is 1.82. The number of methoxy groups -OCH3 is 3. The lowest BCUT2D eigenvalue weighted by Gasteiger charge is -2.27. The Morgan fingerprint density at radius 3 is 2.03 bits per heavy atom. The molecule has 0 N–H and O–H groups in total. The van der Waals surface area contributed by atoms with Gasteiger partial charge in [0.25, 0.3) is 10.0 Å². The highest BCUT2D eigenvalue weighted by molar-refractivity contribution is 7.92. The monoisotopic (exact) mass is 498 g/mol. The van der Waals surface area contributed by atoms with Gasteiger partial charge in [0.05, 0.1) is 31.9 Å². The Kier molecular flexibility index (Phi) is 8.24. The second-order valence-electron chi connectivity index (χ2n) is 7.96. The van der Waals surface area contributed by atoms with Gasteiger partial charge in [-0.05, 0) is 61.0 Å². The quantitative estimate of drug-likeness (QED) is 0.422. The van der Waals surface area contributed by atoms with Gasteiger partial charge in [-0.25, -0.2) is 8.42 Å². The zero-order chi connectivity index (χ0) is 25.6. The molecule has 3 aromatic rings. The first-order valence-electron chi connectivity index (χ1n) is 10.9. The maximum atomic E-state index is 13.6. The van der Waals surface area contributed by atoms with Gasteiger partial charge in [0.15, 0.2) is 11.5 Å². The minimum atomic E-state index is -4.02. The number of aryl methyl sites for hydroxylation is 1. The molecule has 186 valence electrons. The normalized spacial score (nSPS) is 11.0. The van der Waals surface area contributed by atoms with Crippen LogP contribution in [0.5, 0.6) is 17.2 Å². The number of carbonyl (C=O) groups excluding carboxylic acids is 1. The largest absolute Gasteiger partial charge is 0.497 e. The average Bonchev–Trinajstić information content (AvgIpc) is 2.87. The van der Waals surface area contributed by atoms with Gasteiger partial charge < -0.3 is 19.1 Å². The van der Waals surface area contributed by atoms with Crippen molar-refractivity contribution in [1.82, 2.24) is 4.90 Å². The Labute approximate surface area is 206 Å². The second kappa shape index (κ2) is 11.1. The van der Waals surface area contributed by atoms with Crippen molar-refractivity contribution in [2.24, 2.45) is 0 Å². The third kappa shape index (κ3) is 6.05. The Balaban J connectivity index is 1.88. The summed E-state index contributed by atoms with van der Waals surface area (Å²) in [5.74, 6) is 1.31. The lowest BCUT2D eigenvalue weighted by molar-refractivity contribution is -0.128. The highest BCUT2D eigenvalue weighted by Gasteiger charge is 2.28. The summed E-state index contributed by atoms with van der Waals surface area (Å²) in [4.78, 5) is 14.7. The number of anilines is 1. The fourth-order valence-corrected chi connectivity index (χ4v) is 4.90. The Morgan fingerprint density at radius 1 is 0.829 bits per heavy atom. The van der Waals surface area contributed by atoms with Crippen molar-refractivity contribution >= 4 is 21.6 Å². The van der Waals surface area contributed by atoms with E-state index in [4.69, 9.17) is 14.2 Å². The van der Waals surface area contributed by atoms with Gasteiger partial charge in [-0.2, -0.15) is 0 Å². The molecule has 0 aliphatic carbocycles. The third-order valence-electron chi connectivity index (χ3n) is 5.54. The number of rotatable bonds is 10. The fourth-order valence-electron chi connectivity index (χ4n) is 3.49. The molecular weight excluding hydrogens is 468 g/mol. The molecule has 0 bridgehead atoms. The molecule has 35 heavy (non-hydrogen) atoms. The van der Waals surface area contributed by atoms with E-state index >= 15 is 0 Å². The maximum Gasteiger partial charge on any atom is 0.264 e. The number of benzene rings is 3. The van der Waals surface area contributed by atoms with Crippen LogP contribution >= 0.6 is 0 Å². The molecule has 0 unspecified atom stereocenters. The first-order chi connectivity index (χ1) is 16.7. The van der Waals surface area contributed by atoms with Crippen LogP contribution in [-0.2, 0) is 21.4 Å². The van der Waals surface area contributed by atoms with Gasteiger partial charge in [-0.15, -0.1) is 0 Å². The first kappa shape index (κ1) is 25.9. The van der Waals surface area contributed by atoms with Crippen LogP contribution in [0.4, 0.5) is 5.69 Å². The van der Waals surface area contributed by atoms with E-state index in [9.17, 15) is 13.2 Å². The molecule has 9 heteroatoms. The van der Waals surface area contributed by atoms with Crippen LogP contribution in [0, 0.1) is 6.92 Å². The highest BCUT2D eigenvalue weighted by atomic mass is 32.2. The van der Waals surface area contributed by atoms with Crippen molar-refractivity contribution in [2.75, 3.05) is 39.2 Å². The molecule has 0 aromatic heterocycles. The van der Waals surface area contributed by atoms with Gasteiger partial charge in [0.2, 0.25) is 5.91 Å². The molecule has 3 rings (SSSR count). The van der Waals surface area contributed by atoms with E-state index in [0.29, 0.717) is 22.9 Å². The van der Waals surface area contributed by atoms with E-state index in [-0.39, 0.29) is 23.9 Å². The van der Waals surface area contributed by atoms with Gasteiger partial charge in [0.1, 0.15) is 12.3 Å². The molecule has 0 heterocycles. The van der Waals surface area contributed by atoms with Gasteiger partial charge >= 0.3 is 0 Å². The van der Waals surface area contributed by atoms with E-state index in [1.54, 1.807) is 57.7 Å². The molecule has 0 fully saturated rings. The summed E-state index contributed by atoms with van der Waals surface area (Å²) in [6.07, 6.45) is 0. The van der Waals surface area contributed by atoms with Crippen molar-refractivity contribution in [3.63, 3.8) is 0 Å². The van der Waals surface area contributed by atoms with E-state index < -0.39 is 10.0 Å². The summed E-state index contributed by atoms with van der Waals surface area (Å²) >= 11 is 0. The summed E-state index contributed by atoms with van der Waals surface area (Å²) in [5.41, 5.74) is 2.20. The average molecular weight is 499 g/mol. The molecular formula is C26H30N2O6S. The van der Waals surface area contributed by atoms with Crippen LogP contribution in [0.2, 0.25) is 0 Å². The Hall–Kier alpha value is -3.72. The number of sulfonamides is 1. The summed E-state index contributed by atoms with van der Waals surface area (Å²) in [7, 11) is 2.21. The minimum absolute atomic E-state index is 0.0641. The Morgan fingerprint density at radius 2 is 1.46 bits per heavy atom. The lowest BCUT2D eigenvalue weighted by atomic mass is 10.2. The standard InChI is InChI=1S/C26H30N2O6S/c1-19-6-9-21(10-7-19)28(35(30,31)23-13-11-22(32-3)12-14-23)18-26(29)27(2)17-20-8-15-24(33-4)25(16-20)34-5/h6-16H,17-18H2,1-5H3. The molecule has 0 radical (unpaired) electrons. The number of nitrogens with zero attached hydrogens (tertiary/aromatic N) is 2. The zero-order valence-electron chi connectivity index (χ0n) is 20.5. The zero-order valence-corrected chi connectivity index (χ0v) is 21.3. The molecule has 1 amide bonds. The fraction of sp³-hybridized carbons (Fsp3) is 0.269.